The predicted octanol–water partition coefficient (Wildman–Crippen LogP) is 5.51. The van der Waals surface area contributed by atoms with E-state index in [9.17, 15) is 4.39 Å². The summed E-state index contributed by atoms with van der Waals surface area (Å²) in [5, 5.41) is 9.51. The molecule has 29 heavy (non-hydrogen) atoms. The maximum atomic E-state index is 14.0. The molecule has 0 fully saturated rings. The molecule has 0 aliphatic carbocycles. The second-order valence-electron chi connectivity index (χ2n) is 7.16. The van der Waals surface area contributed by atoms with Crippen molar-refractivity contribution in [2.24, 2.45) is 5.92 Å². The van der Waals surface area contributed by atoms with E-state index in [1.165, 1.54) is 17.8 Å². The van der Waals surface area contributed by atoms with Gasteiger partial charge in [-0.05, 0) is 36.6 Å². The molecule has 0 aliphatic rings. The first-order chi connectivity index (χ1) is 14.0. The summed E-state index contributed by atoms with van der Waals surface area (Å²) in [6, 6.07) is 14.3. The maximum Gasteiger partial charge on any atom is 0.191 e. The van der Waals surface area contributed by atoms with Gasteiger partial charge in [-0.25, -0.2) is 4.39 Å². The van der Waals surface area contributed by atoms with Crippen molar-refractivity contribution in [3.05, 3.63) is 65.7 Å². The van der Waals surface area contributed by atoms with E-state index in [1.807, 2.05) is 37.3 Å². The molecule has 2 aromatic carbocycles. The van der Waals surface area contributed by atoms with Crippen LogP contribution >= 0.6 is 11.8 Å². The van der Waals surface area contributed by atoms with Crippen LogP contribution in [-0.4, -0.2) is 21.9 Å². The lowest BCUT2D eigenvalue weighted by Crippen LogP contribution is -2.15. The van der Waals surface area contributed by atoms with Gasteiger partial charge in [0.05, 0.1) is 7.11 Å². The van der Waals surface area contributed by atoms with Gasteiger partial charge in [0.25, 0.3) is 0 Å². The van der Waals surface area contributed by atoms with Crippen molar-refractivity contribution in [3.8, 4) is 11.5 Å². The molecular formula is C22H26FN3O2S. The Morgan fingerprint density at radius 2 is 1.79 bits per heavy atom. The summed E-state index contributed by atoms with van der Waals surface area (Å²) >= 11 is 1.48. The Morgan fingerprint density at radius 1 is 1.03 bits per heavy atom. The van der Waals surface area contributed by atoms with Crippen molar-refractivity contribution >= 4 is 11.8 Å². The molecule has 0 spiro atoms. The van der Waals surface area contributed by atoms with Gasteiger partial charge in [0.2, 0.25) is 0 Å². The van der Waals surface area contributed by atoms with Crippen molar-refractivity contribution < 1.29 is 13.9 Å². The fourth-order valence-electron chi connectivity index (χ4n) is 2.93. The first kappa shape index (κ1) is 21.2. The lowest BCUT2D eigenvalue weighted by molar-refractivity contribution is 0.207. The van der Waals surface area contributed by atoms with Crippen LogP contribution in [0.3, 0.4) is 0 Å². The van der Waals surface area contributed by atoms with Crippen LogP contribution in [0, 0.1) is 11.7 Å². The molecule has 3 aromatic rings. The molecular weight excluding hydrogens is 389 g/mol. The van der Waals surface area contributed by atoms with Gasteiger partial charge < -0.3 is 14.0 Å². The summed E-state index contributed by atoms with van der Waals surface area (Å²) < 4.78 is 27.4. The zero-order chi connectivity index (χ0) is 20.8. The van der Waals surface area contributed by atoms with Gasteiger partial charge in [0.1, 0.15) is 17.3 Å². The van der Waals surface area contributed by atoms with Crippen LogP contribution in [0.1, 0.15) is 38.3 Å². The highest BCUT2D eigenvalue weighted by atomic mass is 32.2. The monoisotopic (exact) mass is 415 g/mol. The lowest BCUT2D eigenvalue weighted by atomic mass is 10.2. The fourth-order valence-corrected chi connectivity index (χ4v) is 3.87. The summed E-state index contributed by atoms with van der Waals surface area (Å²) in [6.45, 7) is 6.99. The van der Waals surface area contributed by atoms with Gasteiger partial charge in [-0.15, -0.1) is 10.2 Å². The number of nitrogens with zero attached hydrogens (tertiary/aromatic N) is 3. The smallest absolute Gasteiger partial charge is 0.191 e. The lowest BCUT2D eigenvalue weighted by Gasteiger charge is -2.18. The van der Waals surface area contributed by atoms with Gasteiger partial charge in [-0.3, -0.25) is 0 Å². The van der Waals surface area contributed by atoms with Crippen LogP contribution in [0.2, 0.25) is 0 Å². The Hall–Kier alpha value is -2.54. The van der Waals surface area contributed by atoms with Crippen molar-refractivity contribution in [2.75, 3.05) is 7.11 Å². The van der Waals surface area contributed by atoms with Crippen molar-refractivity contribution in [2.45, 2.75) is 44.3 Å². The highest BCUT2D eigenvalue weighted by Gasteiger charge is 2.21. The second-order valence-corrected chi connectivity index (χ2v) is 8.11. The van der Waals surface area contributed by atoms with Crippen molar-refractivity contribution in [1.29, 1.82) is 0 Å². The summed E-state index contributed by atoms with van der Waals surface area (Å²) in [5.74, 6) is 2.88. The van der Waals surface area contributed by atoms with E-state index >= 15 is 0 Å². The van der Waals surface area contributed by atoms with E-state index in [1.54, 1.807) is 19.2 Å². The van der Waals surface area contributed by atoms with E-state index in [4.69, 9.17) is 9.47 Å². The van der Waals surface area contributed by atoms with E-state index in [2.05, 4.69) is 28.6 Å². The molecule has 0 saturated heterocycles. The third-order valence-electron chi connectivity index (χ3n) is 4.33. The van der Waals surface area contributed by atoms with Gasteiger partial charge >= 0.3 is 0 Å². The summed E-state index contributed by atoms with van der Waals surface area (Å²) in [4.78, 5) is 0. The molecule has 7 heteroatoms. The highest BCUT2D eigenvalue weighted by molar-refractivity contribution is 7.98. The Morgan fingerprint density at radius 3 is 2.52 bits per heavy atom. The van der Waals surface area contributed by atoms with Gasteiger partial charge in [0, 0.05) is 18.4 Å². The number of thioether (sulfide) groups is 1. The van der Waals surface area contributed by atoms with Crippen molar-refractivity contribution in [1.82, 2.24) is 14.8 Å². The van der Waals surface area contributed by atoms with E-state index < -0.39 is 0 Å². The minimum atomic E-state index is -0.295. The molecule has 0 radical (unpaired) electrons. The molecule has 1 aromatic heterocycles. The third kappa shape index (κ3) is 5.50. The topological polar surface area (TPSA) is 49.2 Å². The number of rotatable bonds is 9. The number of aromatic nitrogens is 3. The van der Waals surface area contributed by atoms with E-state index in [0.29, 0.717) is 23.0 Å². The van der Waals surface area contributed by atoms with Crippen LogP contribution in [0.4, 0.5) is 4.39 Å². The molecule has 1 heterocycles. The summed E-state index contributed by atoms with van der Waals surface area (Å²) in [6.07, 6.45) is -0.295. The minimum absolute atomic E-state index is 0.204. The molecule has 5 nitrogen and oxygen atoms in total. The molecule has 0 amide bonds. The highest BCUT2D eigenvalue weighted by Crippen LogP contribution is 2.29. The number of hydrogen-bond donors (Lipinski definition) is 0. The third-order valence-corrected chi connectivity index (χ3v) is 5.34. The molecule has 0 N–H and O–H groups in total. The number of halogens is 1. The minimum Gasteiger partial charge on any atom is -0.497 e. The zero-order valence-electron chi connectivity index (χ0n) is 17.1. The SMILES string of the molecule is COc1cccc(OC(C)c2nnc(SCc3ccccc3F)n2CC(C)C)c1. The zero-order valence-corrected chi connectivity index (χ0v) is 17.9. The Bertz CT molecular complexity index is 945. The fraction of sp³-hybridized carbons (Fsp3) is 0.364. The molecule has 0 bridgehead atoms. The maximum absolute atomic E-state index is 14.0. The average Bonchev–Trinajstić information content (AvgIpc) is 3.09. The number of ether oxygens (including phenoxy) is 2. The van der Waals surface area contributed by atoms with Crippen molar-refractivity contribution in [3.63, 3.8) is 0 Å². The van der Waals surface area contributed by atoms with Crippen LogP contribution in [0.5, 0.6) is 11.5 Å². The van der Waals surface area contributed by atoms with Gasteiger partial charge in [-0.2, -0.15) is 0 Å². The summed E-state index contributed by atoms with van der Waals surface area (Å²) in [5.41, 5.74) is 0.652. The van der Waals surface area contributed by atoms with Crippen LogP contribution < -0.4 is 9.47 Å². The average molecular weight is 416 g/mol. The molecule has 1 unspecified atom stereocenters. The first-order valence-electron chi connectivity index (χ1n) is 9.58. The summed E-state index contributed by atoms with van der Waals surface area (Å²) in [7, 11) is 1.63. The standard InChI is InChI=1S/C22H26FN3O2S/c1-15(2)13-26-21(16(3)28-19-10-7-9-18(12-19)27-4)24-25-22(26)29-14-17-8-5-6-11-20(17)23/h5-12,15-16H,13-14H2,1-4H3. The number of methoxy groups -OCH3 is 1. The molecule has 3 rings (SSSR count). The Balaban J connectivity index is 1.79. The molecule has 0 aliphatic heterocycles. The quantitative estimate of drug-likeness (QED) is 0.431. The van der Waals surface area contributed by atoms with Gasteiger partial charge in [0.15, 0.2) is 17.1 Å². The van der Waals surface area contributed by atoms with Crippen LogP contribution in [0.25, 0.3) is 0 Å². The number of hydrogen-bond acceptors (Lipinski definition) is 5. The van der Waals surface area contributed by atoms with Crippen LogP contribution in [-0.2, 0) is 12.3 Å². The largest absolute Gasteiger partial charge is 0.497 e. The predicted molar refractivity (Wildman–Crippen MR) is 113 cm³/mol. The second kappa shape index (κ2) is 9.78. The Labute approximate surface area is 175 Å². The van der Waals surface area contributed by atoms with Crippen LogP contribution in [0.15, 0.2) is 53.7 Å². The number of benzene rings is 2. The molecule has 0 saturated carbocycles. The molecule has 154 valence electrons. The van der Waals surface area contributed by atoms with E-state index in [0.717, 1.165) is 23.3 Å². The van der Waals surface area contributed by atoms with Gasteiger partial charge in [-0.1, -0.05) is 49.9 Å². The normalized spacial score (nSPS) is 12.2. The Kier molecular flexibility index (Phi) is 7.14. The first-order valence-corrected chi connectivity index (χ1v) is 10.6. The molecule has 1 atom stereocenters. The van der Waals surface area contributed by atoms with E-state index in [-0.39, 0.29) is 11.9 Å².